The molecule has 0 spiro atoms. The van der Waals surface area contributed by atoms with Gasteiger partial charge >= 0.3 is 11.9 Å². The molecule has 0 aliphatic carbocycles. The van der Waals surface area contributed by atoms with Gasteiger partial charge in [-0.3, -0.25) is 14.9 Å². The van der Waals surface area contributed by atoms with E-state index < -0.39 is 40.9 Å². The van der Waals surface area contributed by atoms with E-state index in [4.69, 9.17) is 4.74 Å². The fourth-order valence-electron chi connectivity index (χ4n) is 2.39. The van der Waals surface area contributed by atoms with Gasteiger partial charge in [-0.15, -0.1) is 0 Å². The summed E-state index contributed by atoms with van der Waals surface area (Å²) in [5.74, 6) is -2.90. The number of methoxy groups -OCH3 is 1. The molecule has 9 nitrogen and oxygen atoms in total. The van der Waals surface area contributed by atoms with Crippen molar-refractivity contribution in [2.75, 3.05) is 20.8 Å². The molecule has 0 saturated heterocycles. The Hall–Kier alpha value is -3.82. The molecular weight excluding hydrogens is 387 g/mol. The molecule has 0 fully saturated rings. The zero-order valence-electron chi connectivity index (χ0n) is 15.6. The fourth-order valence-corrected chi connectivity index (χ4v) is 2.39. The lowest BCUT2D eigenvalue weighted by atomic mass is 10.1. The number of non-ortho nitro benzene ring substituents is 1. The molecule has 2 rings (SSSR count). The number of nitro benzene ring substituents is 1. The van der Waals surface area contributed by atoms with Crippen LogP contribution < -0.4 is 0 Å². The molecule has 2 aromatic carbocycles. The lowest BCUT2D eigenvalue weighted by Crippen LogP contribution is -2.30. The number of rotatable bonds is 7. The van der Waals surface area contributed by atoms with E-state index in [0.29, 0.717) is 5.56 Å². The van der Waals surface area contributed by atoms with E-state index in [1.165, 1.54) is 30.1 Å². The predicted octanol–water partition coefficient (Wildman–Crippen LogP) is 2.34. The molecule has 0 bridgehead atoms. The van der Waals surface area contributed by atoms with Crippen LogP contribution in [0.4, 0.5) is 10.1 Å². The van der Waals surface area contributed by atoms with Gasteiger partial charge in [-0.1, -0.05) is 12.1 Å². The lowest BCUT2D eigenvalue weighted by molar-refractivity contribution is -0.384. The van der Waals surface area contributed by atoms with Crippen molar-refractivity contribution >= 4 is 23.5 Å². The van der Waals surface area contributed by atoms with Crippen molar-refractivity contribution < 1.29 is 33.2 Å². The average molecular weight is 404 g/mol. The maximum atomic E-state index is 13.2. The Kier molecular flexibility index (Phi) is 6.96. The van der Waals surface area contributed by atoms with Gasteiger partial charge in [-0.05, 0) is 23.8 Å². The summed E-state index contributed by atoms with van der Waals surface area (Å²) in [5.41, 5.74) is -0.439. The first-order valence-electron chi connectivity index (χ1n) is 8.24. The molecular formula is C19H17FN2O7. The molecule has 1 amide bonds. The summed E-state index contributed by atoms with van der Waals surface area (Å²) < 4.78 is 22.6. The Labute approximate surface area is 164 Å². The van der Waals surface area contributed by atoms with Gasteiger partial charge in [-0.2, -0.15) is 0 Å². The van der Waals surface area contributed by atoms with Crippen LogP contribution in [0.1, 0.15) is 26.3 Å². The fraction of sp³-hybridized carbons (Fsp3) is 0.211. The Morgan fingerprint density at radius 1 is 1.10 bits per heavy atom. The van der Waals surface area contributed by atoms with Crippen LogP contribution >= 0.6 is 0 Å². The number of ether oxygens (including phenoxy) is 2. The van der Waals surface area contributed by atoms with Gasteiger partial charge in [0.15, 0.2) is 6.61 Å². The first kappa shape index (κ1) is 21.5. The Bertz CT molecular complexity index is 961. The minimum absolute atomic E-state index is 0.0947. The second-order valence-electron chi connectivity index (χ2n) is 5.97. The first-order chi connectivity index (χ1) is 13.7. The van der Waals surface area contributed by atoms with Crippen LogP contribution in [0.5, 0.6) is 0 Å². The zero-order valence-corrected chi connectivity index (χ0v) is 15.6. The number of nitro groups is 1. The number of carbonyl (C=O) groups excluding carboxylic acids is 3. The maximum absolute atomic E-state index is 13.2. The van der Waals surface area contributed by atoms with Gasteiger partial charge in [0.25, 0.3) is 11.6 Å². The van der Waals surface area contributed by atoms with Crippen molar-refractivity contribution in [3.63, 3.8) is 0 Å². The molecule has 0 saturated carbocycles. The van der Waals surface area contributed by atoms with Crippen LogP contribution in [-0.4, -0.2) is 48.4 Å². The maximum Gasteiger partial charge on any atom is 0.338 e. The molecule has 0 atom stereocenters. The number of likely N-dealkylation sites (N-methyl/N-ethyl adjacent to an activating group) is 1. The minimum Gasteiger partial charge on any atom is -0.465 e. The topological polar surface area (TPSA) is 116 Å². The van der Waals surface area contributed by atoms with Crippen molar-refractivity contribution in [1.82, 2.24) is 4.90 Å². The SMILES string of the molecule is COC(=O)c1cc(C(=O)OCC(=O)N(C)Cc2cccc(F)c2)cc([N+](=O)[O-])c1. The number of esters is 2. The quantitative estimate of drug-likeness (QED) is 0.395. The third-order valence-electron chi connectivity index (χ3n) is 3.85. The lowest BCUT2D eigenvalue weighted by Gasteiger charge is -2.17. The summed E-state index contributed by atoms with van der Waals surface area (Å²) in [5, 5.41) is 11.0. The van der Waals surface area contributed by atoms with Crippen molar-refractivity contribution in [1.29, 1.82) is 0 Å². The Morgan fingerprint density at radius 2 is 1.76 bits per heavy atom. The molecule has 0 aliphatic rings. The number of hydrogen-bond acceptors (Lipinski definition) is 7. The van der Waals surface area contributed by atoms with E-state index in [-0.39, 0.29) is 17.7 Å². The third kappa shape index (κ3) is 5.83. The second-order valence-corrected chi connectivity index (χ2v) is 5.97. The van der Waals surface area contributed by atoms with E-state index in [9.17, 15) is 28.9 Å². The second kappa shape index (κ2) is 9.40. The molecule has 0 N–H and O–H groups in total. The number of benzene rings is 2. The minimum atomic E-state index is -1.02. The molecule has 10 heteroatoms. The summed E-state index contributed by atoms with van der Waals surface area (Å²) in [4.78, 5) is 47.4. The number of nitrogens with zero attached hydrogens (tertiary/aromatic N) is 2. The molecule has 152 valence electrons. The van der Waals surface area contributed by atoms with Gasteiger partial charge < -0.3 is 14.4 Å². The largest absolute Gasteiger partial charge is 0.465 e. The molecule has 0 aromatic heterocycles. The highest BCUT2D eigenvalue weighted by atomic mass is 19.1. The Morgan fingerprint density at radius 3 is 2.34 bits per heavy atom. The van der Waals surface area contributed by atoms with Gasteiger partial charge in [0.1, 0.15) is 5.82 Å². The van der Waals surface area contributed by atoms with Gasteiger partial charge in [0.05, 0.1) is 23.2 Å². The summed E-state index contributed by atoms with van der Waals surface area (Å²) in [7, 11) is 2.54. The zero-order chi connectivity index (χ0) is 21.6. The van der Waals surface area contributed by atoms with Crippen molar-refractivity contribution in [2.45, 2.75) is 6.54 Å². The molecule has 0 radical (unpaired) electrons. The normalized spacial score (nSPS) is 10.2. The van der Waals surface area contributed by atoms with Crippen molar-refractivity contribution in [3.05, 3.63) is 75.1 Å². The van der Waals surface area contributed by atoms with Gasteiger partial charge in [0, 0.05) is 25.7 Å². The summed E-state index contributed by atoms with van der Waals surface area (Å²) >= 11 is 0. The predicted molar refractivity (Wildman–Crippen MR) is 97.6 cm³/mol. The van der Waals surface area contributed by atoms with Gasteiger partial charge in [0.2, 0.25) is 0 Å². The Balaban J connectivity index is 2.05. The number of carbonyl (C=O) groups is 3. The van der Waals surface area contributed by atoms with Crippen molar-refractivity contribution in [3.8, 4) is 0 Å². The van der Waals surface area contributed by atoms with E-state index >= 15 is 0 Å². The number of halogens is 1. The van der Waals surface area contributed by atoms with Gasteiger partial charge in [-0.25, -0.2) is 14.0 Å². The molecule has 29 heavy (non-hydrogen) atoms. The van der Waals surface area contributed by atoms with Crippen LogP contribution in [0.25, 0.3) is 0 Å². The van der Waals surface area contributed by atoms with Crippen molar-refractivity contribution in [2.24, 2.45) is 0 Å². The molecule has 2 aromatic rings. The van der Waals surface area contributed by atoms with Crippen LogP contribution in [0.3, 0.4) is 0 Å². The summed E-state index contributed by atoms with van der Waals surface area (Å²) in [6.07, 6.45) is 0. The smallest absolute Gasteiger partial charge is 0.338 e. The van der Waals surface area contributed by atoms with Crippen LogP contribution in [0.2, 0.25) is 0 Å². The summed E-state index contributed by atoms with van der Waals surface area (Å²) in [6, 6.07) is 8.64. The first-order valence-corrected chi connectivity index (χ1v) is 8.24. The highest BCUT2D eigenvalue weighted by Gasteiger charge is 2.20. The number of amides is 1. The van der Waals surface area contributed by atoms with E-state index in [1.54, 1.807) is 6.07 Å². The highest BCUT2D eigenvalue weighted by Crippen LogP contribution is 2.19. The van der Waals surface area contributed by atoms with E-state index in [1.807, 2.05) is 0 Å². The van der Waals surface area contributed by atoms with Crippen LogP contribution in [-0.2, 0) is 20.8 Å². The standard InChI is InChI=1S/C19H17FN2O7/c1-21(10-12-4-3-5-15(20)6-12)17(23)11-29-19(25)14-7-13(18(24)28-2)8-16(9-14)22(26)27/h3-9H,10-11H2,1-2H3. The monoisotopic (exact) mass is 404 g/mol. The average Bonchev–Trinajstić information content (AvgIpc) is 2.70. The highest BCUT2D eigenvalue weighted by molar-refractivity contribution is 5.97. The number of hydrogen-bond donors (Lipinski definition) is 0. The molecule has 0 unspecified atom stereocenters. The van der Waals surface area contributed by atoms with Crippen LogP contribution in [0, 0.1) is 15.9 Å². The van der Waals surface area contributed by atoms with E-state index in [2.05, 4.69) is 4.74 Å². The summed E-state index contributed by atoms with van der Waals surface area (Å²) in [6.45, 7) is -0.543. The van der Waals surface area contributed by atoms with E-state index in [0.717, 1.165) is 25.3 Å². The molecule has 0 heterocycles. The third-order valence-corrected chi connectivity index (χ3v) is 3.85. The van der Waals surface area contributed by atoms with Crippen LogP contribution in [0.15, 0.2) is 42.5 Å². The molecule has 0 aliphatic heterocycles.